The fourth-order valence-corrected chi connectivity index (χ4v) is 7.06. The lowest BCUT2D eigenvalue weighted by molar-refractivity contribution is -0.122. The second kappa shape index (κ2) is 17.1. The van der Waals surface area contributed by atoms with E-state index in [2.05, 4.69) is 29.7 Å². The number of rotatable bonds is 16. The summed E-state index contributed by atoms with van der Waals surface area (Å²) in [6.45, 7) is 13.9. The Morgan fingerprint density at radius 1 is 0.878 bits per heavy atom. The molecule has 1 aromatic rings. The summed E-state index contributed by atoms with van der Waals surface area (Å²) < 4.78 is 2.35. The van der Waals surface area contributed by atoms with Crippen LogP contribution in [0.3, 0.4) is 0 Å². The molecular formula is C32H49N5O2S2. The normalized spacial score (nSPS) is 17.2. The molecule has 0 saturated carbocycles. The summed E-state index contributed by atoms with van der Waals surface area (Å²) in [6.07, 6.45) is 15.1. The molecule has 2 saturated heterocycles. The Labute approximate surface area is 256 Å². The first-order valence-electron chi connectivity index (χ1n) is 15.8. The third kappa shape index (κ3) is 8.68. The molecule has 2 aliphatic heterocycles. The predicted molar refractivity (Wildman–Crippen MR) is 176 cm³/mol. The van der Waals surface area contributed by atoms with Gasteiger partial charge in [0, 0.05) is 44.8 Å². The molecule has 0 spiro atoms. The van der Waals surface area contributed by atoms with Crippen LogP contribution in [0.1, 0.15) is 108 Å². The monoisotopic (exact) mass is 599 g/mol. The quantitative estimate of drug-likeness (QED) is 0.119. The van der Waals surface area contributed by atoms with Gasteiger partial charge in [0.05, 0.1) is 4.91 Å². The molecule has 0 aliphatic carbocycles. The third-order valence-electron chi connectivity index (χ3n) is 8.30. The molecule has 0 unspecified atom stereocenters. The minimum absolute atomic E-state index is 0.0659. The number of amides is 1. The van der Waals surface area contributed by atoms with Gasteiger partial charge in [-0.2, -0.15) is 5.26 Å². The van der Waals surface area contributed by atoms with Crippen molar-refractivity contribution in [2.24, 2.45) is 0 Å². The highest BCUT2D eigenvalue weighted by molar-refractivity contribution is 8.26. The van der Waals surface area contributed by atoms with Gasteiger partial charge in [-0.15, -0.1) is 0 Å². The van der Waals surface area contributed by atoms with Crippen molar-refractivity contribution in [1.29, 1.82) is 5.26 Å². The molecule has 1 aromatic heterocycles. The Hall–Kier alpha value is -2.15. The van der Waals surface area contributed by atoms with Crippen LogP contribution in [-0.4, -0.2) is 63.9 Å². The van der Waals surface area contributed by atoms with Gasteiger partial charge in [-0.1, -0.05) is 103 Å². The Balaban J connectivity index is 1.76. The van der Waals surface area contributed by atoms with Crippen molar-refractivity contribution in [1.82, 2.24) is 14.4 Å². The number of aromatic nitrogens is 1. The lowest BCUT2D eigenvalue weighted by Crippen LogP contribution is -2.48. The third-order valence-corrected chi connectivity index (χ3v) is 9.67. The largest absolute Gasteiger partial charge is 0.355 e. The molecule has 226 valence electrons. The average Bonchev–Trinajstić information content (AvgIpc) is 3.24. The molecule has 1 amide bonds. The predicted octanol–water partition coefficient (Wildman–Crippen LogP) is 6.70. The van der Waals surface area contributed by atoms with Crippen molar-refractivity contribution in [3.63, 3.8) is 0 Å². The van der Waals surface area contributed by atoms with Gasteiger partial charge in [0.25, 0.3) is 11.5 Å². The zero-order valence-corrected chi connectivity index (χ0v) is 27.3. The van der Waals surface area contributed by atoms with E-state index in [1.165, 1.54) is 63.1 Å². The minimum atomic E-state index is -0.245. The molecule has 0 N–H and O–H groups in total. The smallest absolute Gasteiger partial charge is 0.270 e. The van der Waals surface area contributed by atoms with E-state index >= 15 is 0 Å². The highest BCUT2D eigenvalue weighted by atomic mass is 32.2. The SMILES string of the molecule is CCCCCCCCCCCCN1C(=O)/C(=C/c2c(C)c(C#N)c(=O)n(CCC)c2N2CCN(CC)CC2)SC1=S. The van der Waals surface area contributed by atoms with Crippen LogP contribution in [0, 0.1) is 18.3 Å². The van der Waals surface area contributed by atoms with Gasteiger partial charge in [-0.3, -0.25) is 19.1 Å². The second-order valence-corrected chi connectivity index (χ2v) is 12.9. The molecule has 2 aliphatic rings. The summed E-state index contributed by atoms with van der Waals surface area (Å²) in [6, 6.07) is 2.15. The minimum Gasteiger partial charge on any atom is -0.355 e. The first-order valence-corrected chi connectivity index (χ1v) is 17.0. The number of likely N-dealkylation sites (N-methyl/N-ethyl adjacent to an activating group) is 1. The lowest BCUT2D eigenvalue weighted by atomic mass is 10.0. The number of piperazine rings is 1. The highest BCUT2D eigenvalue weighted by Crippen LogP contribution is 2.36. The number of thioether (sulfide) groups is 1. The number of nitriles is 1. The summed E-state index contributed by atoms with van der Waals surface area (Å²) in [5.41, 5.74) is 1.34. The van der Waals surface area contributed by atoms with E-state index in [4.69, 9.17) is 12.2 Å². The molecule has 41 heavy (non-hydrogen) atoms. The van der Waals surface area contributed by atoms with E-state index in [1.54, 1.807) is 9.47 Å². The van der Waals surface area contributed by atoms with Gasteiger partial charge in [-0.05, 0) is 37.9 Å². The van der Waals surface area contributed by atoms with Crippen molar-refractivity contribution in [3.05, 3.63) is 31.9 Å². The first-order chi connectivity index (χ1) is 19.9. The number of unbranched alkanes of at least 4 members (excludes halogenated alkanes) is 9. The van der Waals surface area contributed by atoms with E-state index in [9.17, 15) is 14.9 Å². The zero-order valence-electron chi connectivity index (χ0n) is 25.7. The fraction of sp³-hybridized carbons (Fsp3) is 0.688. The van der Waals surface area contributed by atoms with E-state index in [0.29, 0.717) is 27.9 Å². The van der Waals surface area contributed by atoms with Crippen LogP contribution in [0.2, 0.25) is 0 Å². The number of hydrogen-bond donors (Lipinski definition) is 0. The Morgan fingerprint density at radius 2 is 1.49 bits per heavy atom. The number of hydrogen-bond acceptors (Lipinski definition) is 7. The summed E-state index contributed by atoms with van der Waals surface area (Å²) in [7, 11) is 0. The molecule has 7 nitrogen and oxygen atoms in total. The number of carbonyl (C=O) groups excluding carboxylic acids is 1. The molecule has 0 bridgehead atoms. The Bertz CT molecular complexity index is 1180. The van der Waals surface area contributed by atoms with Crippen LogP contribution >= 0.6 is 24.0 Å². The summed E-state index contributed by atoms with van der Waals surface area (Å²) in [4.78, 5) is 33.9. The van der Waals surface area contributed by atoms with Crippen LogP contribution in [0.25, 0.3) is 6.08 Å². The average molecular weight is 600 g/mol. The Kier molecular flexibility index (Phi) is 13.9. The fourth-order valence-electron chi connectivity index (χ4n) is 5.77. The van der Waals surface area contributed by atoms with E-state index < -0.39 is 0 Å². The van der Waals surface area contributed by atoms with Crippen LogP contribution in [0.15, 0.2) is 9.70 Å². The maximum atomic E-state index is 13.5. The number of nitrogens with zero attached hydrogens (tertiary/aromatic N) is 5. The number of pyridine rings is 1. The molecule has 3 heterocycles. The summed E-state index contributed by atoms with van der Waals surface area (Å²) >= 11 is 6.97. The van der Waals surface area contributed by atoms with Gasteiger partial charge in [0.2, 0.25) is 0 Å². The number of anilines is 1. The van der Waals surface area contributed by atoms with Gasteiger partial charge in [-0.25, -0.2) is 0 Å². The van der Waals surface area contributed by atoms with Crippen molar-refractivity contribution < 1.29 is 4.79 Å². The molecule has 0 atom stereocenters. The lowest BCUT2D eigenvalue weighted by Gasteiger charge is -2.37. The van der Waals surface area contributed by atoms with Gasteiger partial charge >= 0.3 is 0 Å². The van der Waals surface area contributed by atoms with Gasteiger partial charge < -0.3 is 9.80 Å². The molecule has 3 rings (SSSR count). The second-order valence-electron chi connectivity index (χ2n) is 11.2. The van der Waals surface area contributed by atoms with Crippen molar-refractivity contribution in [3.8, 4) is 6.07 Å². The van der Waals surface area contributed by atoms with E-state index in [0.717, 1.165) is 63.4 Å². The first kappa shape index (κ1) is 33.4. The van der Waals surface area contributed by atoms with Crippen LogP contribution in [-0.2, 0) is 11.3 Å². The summed E-state index contributed by atoms with van der Waals surface area (Å²) in [5.74, 6) is 0.757. The van der Waals surface area contributed by atoms with Crippen molar-refractivity contribution in [2.45, 2.75) is 105 Å². The van der Waals surface area contributed by atoms with E-state index in [1.807, 2.05) is 19.9 Å². The molecule has 0 radical (unpaired) electrons. The van der Waals surface area contributed by atoms with Crippen LogP contribution in [0.5, 0.6) is 0 Å². The number of thiocarbonyl (C=S) groups is 1. The van der Waals surface area contributed by atoms with E-state index in [-0.39, 0.29) is 17.0 Å². The standard InChI is InChI=1S/C32H49N5O2S2/c1-5-8-9-10-11-12-13-14-15-16-18-37-31(39)28(41-32(37)40)23-26-25(4)27(24-33)30(38)36(17-6-2)29(26)35-21-19-34(7-3)20-22-35/h23H,5-22H2,1-4H3/b28-23-. The topological polar surface area (TPSA) is 72.6 Å². The molecule has 0 aromatic carbocycles. The maximum Gasteiger partial charge on any atom is 0.270 e. The molecule has 2 fully saturated rings. The summed E-state index contributed by atoms with van der Waals surface area (Å²) in [5, 5.41) is 9.90. The number of carbonyl (C=O) groups is 1. The van der Waals surface area contributed by atoms with Crippen molar-refractivity contribution >= 4 is 46.1 Å². The Morgan fingerprint density at radius 3 is 2.05 bits per heavy atom. The zero-order chi connectivity index (χ0) is 29.8. The van der Waals surface area contributed by atoms with Crippen LogP contribution in [0.4, 0.5) is 5.82 Å². The highest BCUT2D eigenvalue weighted by Gasteiger charge is 2.33. The van der Waals surface area contributed by atoms with Crippen molar-refractivity contribution in [2.75, 3.05) is 44.2 Å². The van der Waals surface area contributed by atoms with Gasteiger partial charge in [0.15, 0.2) is 0 Å². The maximum absolute atomic E-state index is 13.5. The van der Waals surface area contributed by atoms with Crippen LogP contribution < -0.4 is 10.5 Å². The molecule has 9 heteroatoms. The molecular weight excluding hydrogens is 551 g/mol. The van der Waals surface area contributed by atoms with Gasteiger partial charge in [0.1, 0.15) is 21.8 Å².